The Kier molecular flexibility index (Phi) is 5.10. The van der Waals surface area contributed by atoms with Gasteiger partial charge in [-0.3, -0.25) is 4.79 Å². The monoisotopic (exact) mass is 378 g/mol. The van der Waals surface area contributed by atoms with Gasteiger partial charge in [0.05, 0.1) is 17.2 Å². The number of hydrogen-bond acceptors (Lipinski definition) is 7. The number of nitrogens with one attached hydrogen (secondary N) is 1. The largest absolute Gasteiger partial charge is 0.383 e. The smallest absolute Gasteiger partial charge is 0.230 e. The molecular formula is C17H22N4O2S2. The molecule has 1 atom stereocenters. The Balaban J connectivity index is 1.40. The normalized spacial score (nSPS) is 19.9. The zero-order valence-electron chi connectivity index (χ0n) is 14.0. The molecule has 3 N–H and O–H groups in total. The first-order valence-electron chi connectivity index (χ1n) is 8.79. The molecule has 1 saturated heterocycles. The van der Waals surface area contributed by atoms with Gasteiger partial charge in [-0.1, -0.05) is 11.8 Å². The van der Waals surface area contributed by atoms with Crippen LogP contribution in [0.5, 0.6) is 0 Å². The van der Waals surface area contributed by atoms with Crippen LogP contribution in [0.25, 0.3) is 10.2 Å². The van der Waals surface area contributed by atoms with Gasteiger partial charge in [-0.2, -0.15) is 0 Å². The van der Waals surface area contributed by atoms with Crippen molar-refractivity contribution in [1.82, 2.24) is 15.3 Å². The first-order valence-corrected chi connectivity index (χ1v) is 10.6. The number of rotatable bonds is 5. The minimum atomic E-state index is -0.0201. The van der Waals surface area contributed by atoms with E-state index in [0.717, 1.165) is 42.5 Å². The molecule has 0 saturated carbocycles. The van der Waals surface area contributed by atoms with Crippen molar-refractivity contribution in [2.75, 3.05) is 24.6 Å². The van der Waals surface area contributed by atoms with Crippen molar-refractivity contribution < 1.29 is 9.53 Å². The number of carbonyl (C=O) groups is 1. The van der Waals surface area contributed by atoms with E-state index in [1.54, 1.807) is 11.3 Å². The number of thiophene rings is 1. The van der Waals surface area contributed by atoms with Crippen LogP contribution < -0.4 is 11.1 Å². The number of ether oxygens (including phenoxy) is 1. The Morgan fingerprint density at radius 2 is 2.20 bits per heavy atom. The number of aromatic nitrogens is 2. The molecule has 0 bridgehead atoms. The molecule has 2 aromatic rings. The molecule has 1 amide bonds. The van der Waals surface area contributed by atoms with E-state index in [2.05, 4.69) is 15.3 Å². The first-order chi connectivity index (χ1) is 12.2. The average Bonchev–Trinajstić information content (AvgIpc) is 3.25. The second kappa shape index (κ2) is 7.47. The number of nitrogens with zero attached hydrogens (tertiary/aromatic N) is 2. The van der Waals surface area contributed by atoms with E-state index in [0.29, 0.717) is 23.3 Å². The van der Waals surface area contributed by atoms with Crippen LogP contribution in [0.4, 0.5) is 5.82 Å². The van der Waals surface area contributed by atoms with Crippen molar-refractivity contribution in [2.45, 2.75) is 49.8 Å². The van der Waals surface area contributed by atoms with Gasteiger partial charge in [0.15, 0.2) is 5.16 Å². The number of nitrogens with two attached hydrogens (primary N) is 1. The highest BCUT2D eigenvalue weighted by Gasteiger charge is 2.21. The number of amides is 1. The van der Waals surface area contributed by atoms with E-state index in [4.69, 9.17) is 10.5 Å². The van der Waals surface area contributed by atoms with Crippen LogP contribution in [0.1, 0.15) is 36.1 Å². The van der Waals surface area contributed by atoms with Crippen molar-refractivity contribution in [3.63, 3.8) is 0 Å². The lowest BCUT2D eigenvalue weighted by Gasteiger charge is -2.11. The van der Waals surface area contributed by atoms with Gasteiger partial charge in [-0.05, 0) is 44.1 Å². The second-order valence-electron chi connectivity index (χ2n) is 6.51. The quantitative estimate of drug-likeness (QED) is 0.614. The highest BCUT2D eigenvalue weighted by atomic mass is 32.2. The Hall–Kier alpha value is -1.38. The topological polar surface area (TPSA) is 90.1 Å². The molecule has 1 fully saturated rings. The zero-order valence-corrected chi connectivity index (χ0v) is 15.7. The lowest BCUT2D eigenvalue weighted by Crippen LogP contribution is -2.32. The first kappa shape index (κ1) is 17.1. The lowest BCUT2D eigenvalue weighted by atomic mass is 9.97. The Morgan fingerprint density at radius 1 is 1.32 bits per heavy atom. The molecule has 8 heteroatoms. The maximum atomic E-state index is 12.0. The fourth-order valence-electron chi connectivity index (χ4n) is 3.44. The summed E-state index contributed by atoms with van der Waals surface area (Å²) in [4.78, 5) is 23.4. The third-order valence-corrected chi connectivity index (χ3v) is 6.74. The van der Waals surface area contributed by atoms with Crippen molar-refractivity contribution in [2.24, 2.45) is 0 Å². The summed E-state index contributed by atoms with van der Waals surface area (Å²) in [6.07, 6.45) is 6.89. The van der Waals surface area contributed by atoms with Crippen LogP contribution in [0.2, 0.25) is 0 Å². The second-order valence-corrected chi connectivity index (χ2v) is 8.54. The van der Waals surface area contributed by atoms with Crippen LogP contribution in [0, 0.1) is 0 Å². The molecule has 2 aliphatic rings. The van der Waals surface area contributed by atoms with Gasteiger partial charge in [0.2, 0.25) is 5.91 Å². The third-order valence-electron chi connectivity index (χ3n) is 4.71. The predicted octanol–water partition coefficient (Wildman–Crippen LogP) is 2.54. The lowest BCUT2D eigenvalue weighted by molar-refractivity contribution is -0.119. The molecule has 0 radical (unpaired) electrons. The number of fused-ring (bicyclic) bond motifs is 3. The standard InChI is InChI=1S/C17H22N4O2S2/c18-15-14-11-5-1-2-6-12(11)25-16(14)21-17(20-15)24-9-13(22)19-8-10-4-3-7-23-10/h10H,1-9H2,(H,19,22)(H2,18,20,21). The van der Waals surface area contributed by atoms with Crippen LogP contribution in [-0.2, 0) is 22.4 Å². The zero-order chi connectivity index (χ0) is 17.2. The summed E-state index contributed by atoms with van der Waals surface area (Å²) in [5.41, 5.74) is 7.54. The van der Waals surface area contributed by atoms with Crippen molar-refractivity contribution in [1.29, 1.82) is 0 Å². The van der Waals surface area contributed by atoms with Gasteiger partial charge in [0.25, 0.3) is 0 Å². The average molecular weight is 379 g/mol. The highest BCUT2D eigenvalue weighted by Crippen LogP contribution is 2.38. The van der Waals surface area contributed by atoms with E-state index >= 15 is 0 Å². The van der Waals surface area contributed by atoms with Crippen LogP contribution in [-0.4, -0.2) is 40.9 Å². The molecule has 2 aromatic heterocycles. The van der Waals surface area contributed by atoms with E-state index in [1.165, 1.54) is 35.0 Å². The number of nitrogen functional groups attached to an aromatic ring is 1. The highest BCUT2D eigenvalue weighted by molar-refractivity contribution is 7.99. The molecule has 1 unspecified atom stereocenters. The van der Waals surface area contributed by atoms with Crippen molar-refractivity contribution in [3.8, 4) is 0 Å². The fourth-order valence-corrected chi connectivity index (χ4v) is 5.45. The summed E-state index contributed by atoms with van der Waals surface area (Å²) in [5.74, 6) is 0.822. The maximum absolute atomic E-state index is 12.0. The van der Waals surface area contributed by atoms with E-state index in [-0.39, 0.29) is 12.0 Å². The summed E-state index contributed by atoms with van der Waals surface area (Å²) < 4.78 is 5.51. The molecule has 4 rings (SSSR count). The molecule has 0 aromatic carbocycles. The molecular weight excluding hydrogens is 356 g/mol. The number of carbonyl (C=O) groups excluding carboxylic acids is 1. The maximum Gasteiger partial charge on any atom is 0.230 e. The summed E-state index contributed by atoms with van der Waals surface area (Å²) in [5, 5.41) is 4.53. The van der Waals surface area contributed by atoms with Gasteiger partial charge >= 0.3 is 0 Å². The Bertz CT molecular complexity index is 787. The third kappa shape index (κ3) is 3.75. The van der Waals surface area contributed by atoms with Gasteiger partial charge in [0, 0.05) is 18.0 Å². The Morgan fingerprint density at radius 3 is 3.04 bits per heavy atom. The van der Waals surface area contributed by atoms with Crippen LogP contribution in [0.3, 0.4) is 0 Å². The SMILES string of the molecule is Nc1nc(SCC(=O)NCC2CCCO2)nc2sc3c(c12)CCCC3. The van der Waals surface area contributed by atoms with Gasteiger partial charge < -0.3 is 15.8 Å². The molecule has 134 valence electrons. The van der Waals surface area contributed by atoms with Crippen LogP contribution in [0.15, 0.2) is 5.16 Å². The van der Waals surface area contributed by atoms with Crippen LogP contribution >= 0.6 is 23.1 Å². The van der Waals surface area contributed by atoms with Gasteiger partial charge in [-0.25, -0.2) is 9.97 Å². The summed E-state index contributed by atoms with van der Waals surface area (Å²) in [6, 6.07) is 0. The van der Waals surface area contributed by atoms with Crippen molar-refractivity contribution >= 4 is 45.0 Å². The number of anilines is 1. The van der Waals surface area contributed by atoms with Crippen molar-refractivity contribution in [3.05, 3.63) is 10.4 Å². The fraction of sp³-hybridized carbons (Fsp3) is 0.588. The van der Waals surface area contributed by atoms with E-state index < -0.39 is 0 Å². The summed E-state index contributed by atoms with van der Waals surface area (Å²) >= 11 is 3.07. The minimum absolute atomic E-state index is 0.0201. The minimum Gasteiger partial charge on any atom is -0.383 e. The number of thioether (sulfide) groups is 1. The number of hydrogen-bond donors (Lipinski definition) is 2. The molecule has 1 aliphatic carbocycles. The predicted molar refractivity (Wildman–Crippen MR) is 101 cm³/mol. The molecule has 6 nitrogen and oxygen atoms in total. The molecule has 0 spiro atoms. The molecule has 1 aliphatic heterocycles. The molecule has 25 heavy (non-hydrogen) atoms. The summed E-state index contributed by atoms with van der Waals surface area (Å²) in [6.45, 7) is 1.38. The van der Waals surface area contributed by atoms with Gasteiger partial charge in [0.1, 0.15) is 10.6 Å². The van der Waals surface area contributed by atoms with E-state index in [9.17, 15) is 4.79 Å². The summed E-state index contributed by atoms with van der Waals surface area (Å²) in [7, 11) is 0. The van der Waals surface area contributed by atoms with Gasteiger partial charge in [-0.15, -0.1) is 11.3 Å². The number of aryl methyl sites for hydroxylation is 2. The van der Waals surface area contributed by atoms with E-state index in [1.807, 2.05) is 0 Å². The molecule has 3 heterocycles. The Labute approximate surface area is 154 Å².